The predicted molar refractivity (Wildman–Crippen MR) is 152 cm³/mol. The van der Waals surface area contributed by atoms with Crippen LogP contribution in [-0.2, 0) is 11.2 Å². The van der Waals surface area contributed by atoms with E-state index in [1.54, 1.807) is 0 Å². The van der Waals surface area contributed by atoms with E-state index in [-0.39, 0.29) is 18.3 Å². The number of phenols is 1. The van der Waals surface area contributed by atoms with Crippen LogP contribution in [0.1, 0.15) is 74.1 Å². The van der Waals surface area contributed by atoms with Crippen molar-refractivity contribution in [2.75, 3.05) is 45.8 Å². The molecule has 0 saturated carbocycles. The molecule has 0 bridgehead atoms. The number of unbranched alkanes of at least 4 members (excludes halogenated alkanes) is 1. The van der Waals surface area contributed by atoms with Crippen molar-refractivity contribution < 1.29 is 14.6 Å². The topological polar surface area (TPSA) is 85.9 Å². The Morgan fingerprint density at radius 2 is 1.73 bits per heavy atom. The second-order valence-electron chi connectivity index (χ2n) is 11.5. The highest BCUT2D eigenvalue weighted by Gasteiger charge is 2.43. The first-order valence-corrected chi connectivity index (χ1v) is 14.2. The predicted octanol–water partition coefficient (Wildman–Crippen LogP) is 3.77. The largest absolute Gasteiger partial charge is 0.507 e. The Hall–Kier alpha value is -1.54. The fourth-order valence-corrected chi connectivity index (χ4v) is 6.09. The second-order valence-corrected chi connectivity index (χ2v) is 11.5. The molecule has 2 fully saturated rings. The summed E-state index contributed by atoms with van der Waals surface area (Å²) in [6, 6.07) is 0.677. The molecular weight excluding hydrogens is 488 g/mol. The molecule has 3 aliphatic rings. The number of hydrogen-bond acceptors (Lipinski definition) is 6. The van der Waals surface area contributed by atoms with Gasteiger partial charge in [0.2, 0.25) is 0 Å². The van der Waals surface area contributed by atoms with Gasteiger partial charge in [0.1, 0.15) is 11.5 Å². The molecule has 37 heavy (non-hydrogen) atoms. The SMILES string of the molecule is Cc1c(C)c2c(c(C)c1O)CCC(C)(C(=O)N1CCC(CNCCCCNC[C@@H]3CCCN3)CC1)O2.Cl. The summed E-state index contributed by atoms with van der Waals surface area (Å²) < 4.78 is 6.43. The minimum absolute atomic E-state index is 0. The van der Waals surface area contributed by atoms with E-state index >= 15 is 0 Å². The van der Waals surface area contributed by atoms with Crippen molar-refractivity contribution in [2.24, 2.45) is 5.92 Å². The summed E-state index contributed by atoms with van der Waals surface area (Å²) in [5, 5.41) is 21.2. The summed E-state index contributed by atoms with van der Waals surface area (Å²) in [5.74, 6) is 1.91. The molecule has 1 aromatic carbocycles. The molecular formula is C29H49ClN4O3. The van der Waals surface area contributed by atoms with Crippen LogP contribution in [0.25, 0.3) is 0 Å². The molecule has 1 aromatic rings. The molecule has 2 saturated heterocycles. The first-order valence-electron chi connectivity index (χ1n) is 14.2. The standard InChI is InChI=1S/C29H48N4O3.ClH/c1-20-21(2)27-25(22(3)26(20)34)9-12-29(4,36-27)28(35)33-16-10-23(11-17-33)18-30-13-5-6-14-31-19-24-8-7-15-32-24;/h23-24,30-32,34H,5-19H2,1-4H3;1H/t24-,29?;/m0./s1. The number of nitrogens with zero attached hydrogens (tertiary/aromatic N) is 1. The summed E-state index contributed by atoms with van der Waals surface area (Å²) >= 11 is 0. The fourth-order valence-electron chi connectivity index (χ4n) is 6.09. The third-order valence-corrected chi connectivity index (χ3v) is 8.82. The van der Waals surface area contributed by atoms with Crippen molar-refractivity contribution in [1.82, 2.24) is 20.9 Å². The number of phenolic OH excluding ortho intramolecular Hbond substituents is 1. The number of ether oxygens (including phenoxy) is 1. The zero-order valence-corrected chi connectivity index (χ0v) is 24.2. The molecule has 1 unspecified atom stereocenters. The van der Waals surface area contributed by atoms with Crippen LogP contribution in [0.5, 0.6) is 11.5 Å². The maximum atomic E-state index is 13.5. The molecule has 4 N–H and O–H groups in total. The first-order chi connectivity index (χ1) is 17.3. The number of carbonyl (C=O) groups is 1. The normalized spacial score (nSPS) is 23.9. The highest BCUT2D eigenvalue weighted by Crippen LogP contribution is 2.43. The van der Waals surface area contributed by atoms with Gasteiger partial charge in [0.15, 0.2) is 5.60 Å². The highest BCUT2D eigenvalue weighted by molar-refractivity contribution is 5.86. The number of amides is 1. The summed E-state index contributed by atoms with van der Waals surface area (Å²) in [4.78, 5) is 15.6. The number of likely N-dealkylation sites (tertiary alicyclic amines) is 1. The van der Waals surface area contributed by atoms with Gasteiger partial charge in [0, 0.05) is 37.7 Å². The molecule has 0 spiro atoms. The van der Waals surface area contributed by atoms with Gasteiger partial charge in [0.05, 0.1) is 0 Å². The third kappa shape index (κ3) is 7.11. The van der Waals surface area contributed by atoms with Gasteiger partial charge in [-0.25, -0.2) is 0 Å². The number of aromatic hydroxyl groups is 1. The average Bonchev–Trinajstić information content (AvgIpc) is 3.41. The van der Waals surface area contributed by atoms with Crippen LogP contribution in [0.4, 0.5) is 0 Å². The molecule has 3 aliphatic heterocycles. The zero-order chi connectivity index (χ0) is 25.7. The van der Waals surface area contributed by atoms with Crippen LogP contribution >= 0.6 is 12.4 Å². The number of nitrogens with one attached hydrogen (secondary N) is 3. The van der Waals surface area contributed by atoms with E-state index in [2.05, 4.69) is 16.0 Å². The molecule has 7 nitrogen and oxygen atoms in total. The average molecular weight is 537 g/mol. The summed E-state index contributed by atoms with van der Waals surface area (Å²) in [6.45, 7) is 14.9. The zero-order valence-electron chi connectivity index (χ0n) is 23.4. The molecule has 0 aromatic heterocycles. The maximum absolute atomic E-state index is 13.5. The van der Waals surface area contributed by atoms with Crippen molar-refractivity contribution in [3.63, 3.8) is 0 Å². The molecule has 0 radical (unpaired) electrons. The van der Waals surface area contributed by atoms with E-state index in [4.69, 9.17) is 4.74 Å². The lowest BCUT2D eigenvalue weighted by Crippen LogP contribution is -2.54. The van der Waals surface area contributed by atoms with Crippen LogP contribution in [-0.4, -0.2) is 73.4 Å². The number of benzene rings is 1. The van der Waals surface area contributed by atoms with Crippen molar-refractivity contribution in [1.29, 1.82) is 0 Å². The van der Waals surface area contributed by atoms with Gasteiger partial charge < -0.3 is 30.7 Å². The van der Waals surface area contributed by atoms with Gasteiger partial charge in [-0.3, -0.25) is 4.79 Å². The van der Waals surface area contributed by atoms with Crippen LogP contribution in [0.15, 0.2) is 0 Å². The lowest BCUT2D eigenvalue weighted by Gasteiger charge is -2.41. The van der Waals surface area contributed by atoms with E-state index in [1.165, 1.54) is 32.2 Å². The minimum atomic E-state index is -0.833. The number of piperidine rings is 1. The van der Waals surface area contributed by atoms with Crippen molar-refractivity contribution in [3.05, 3.63) is 22.3 Å². The van der Waals surface area contributed by atoms with Crippen molar-refractivity contribution >= 4 is 18.3 Å². The van der Waals surface area contributed by atoms with Crippen LogP contribution in [0, 0.1) is 26.7 Å². The second kappa shape index (κ2) is 13.5. The monoisotopic (exact) mass is 536 g/mol. The molecule has 2 atom stereocenters. The summed E-state index contributed by atoms with van der Waals surface area (Å²) in [5.41, 5.74) is 2.88. The number of fused-ring (bicyclic) bond motifs is 1. The Bertz CT molecular complexity index is 913. The Morgan fingerprint density at radius 3 is 2.38 bits per heavy atom. The number of carbonyl (C=O) groups excluding carboxylic acids is 1. The minimum Gasteiger partial charge on any atom is -0.507 e. The first kappa shape index (κ1) is 30.0. The Balaban J connectivity index is 0.00000380. The van der Waals surface area contributed by atoms with Gasteiger partial charge in [0.25, 0.3) is 5.91 Å². The highest BCUT2D eigenvalue weighted by atomic mass is 35.5. The van der Waals surface area contributed by atoms with E-state index < -0.39 is 5.60 Å². The summed E-state index contributed by atoms with van der Waals surface area (Å²) in [7, 11) is 0. The number of hydrogen-bond donors (Lipinski definition) is 4. The maximum Gasteiger partial charge on any atom is 0.266 e. The van der Waals surface area contributed by atoms with Gasteiger partial charge in [-0.2, -0.15) is 0 Å². The lowest BCUT2D eigenvalue weighted by atomic mass is 9.86. The fraction of sp³-hybridized carbons (Fsp3) is 0.759. The van der Waals surface area contributed by atoms with Gasteiger partial charge in [-0.05, 0) is 121 Å². The molecule has 3 heterocycles. The van der Waals surface area contributed by atoms with Gasteiger partial charge in [-0.15, -0.1) is 12.4 Å². The summed E-state index contributed by atoms with van der Waals surface area (Å²) in [6.07, 6.45) is 8.54. The van der Waals surface area contributed by atoms with E-state index in [9.17, 15) is 9.90 Å². The Kier molecular flexibility index (Phi) is 10.9. The third-order valence-electron chi connectivity index (χ3n) is 8.82. The number of rotatable bonds is 10. The lowest BCUT2D eigenvalue weighted by molar-refractivity contribution is -0.149. The van der Waals surface area contributed by atoms with E-state index in [0.29, 0.717) is 24.1 Å². The molecule has 0 aliphatic carbocycles. The van der Waals surface area contributed by atoms with Crippen LogP contribution < -0.4 is 20.7 Å². The van der Waals surface area contributed by atoms with E-state index in [0.717, 1.165) is 86.5 Å². The van der Waals surface area contributed by atoms with Crippen LogP contribution in [0.3, 0.4) is 0 Å². The Labute approximate surface area is 229 Å². The van der Waals surface area contributed by atoms with Crippen molar-refractivity contribution in [3.8, 4) is 11.5 Å². The molecule has 1 amide bonds. The quantitative estimate of drug-likeness (QED) is 0.341. The molecule has 8 heteroatoms. The smallest absolute Gasteiger partial charge is 0.266 e. The number of halogens is 1. The molecule has 210 valence electrons. The van der Waals surface area contributed by atoms with E-state index in [1.807, 2.05) is 32.6 Å². The van der Waals surface area contributed by atoms with Gasteiger partial charge >= 0.3 is 0 Å². The van der Waals surface area contributed by atoms with Gasteiger partial charge in [-0.1, -0.05) is 0 Å². The van der Waals surface area contributed by atoms with Crippen molar-refractivity contribution in [2.45, 2.75) is 90.7 Å². The molecule has 4 rings (SSSR count). The Morgan fingerprint density at radius 1 is 1.05 bits per heavy atom. The van der Waals surface area contributed by atoms with Crippen LogP contribution in [0.2, 0.25) is 0 Å².